The lowest BCUT2D eigenvalue weighted by Crippen LogP contribution is -2.36. The Bertz CT molecular complexity index is 747. The summed E-state index contributed by atoms with van der Waals surface area (Å²) in [7, 11) is 1.64. The van der Waals surface area contributed by atoms with Gasteiger partial charge in [0.25, 0.3) is 0 Å². The maximum Gasteiger partial charge on any atom is 0.191 e. The third-order valence-electron chi connectivity index (χ3n) is 3.68. The molecule has 0 heterocycles. The first-order valence-corrected chi connectivity index (χ1v) is 8.14. The summed E-state index contributed by atoms with van der Waals surface area (Å²) in [4.78, 5) is 4.11. The summed E-state index contributed by atoms with van der Waals surface area (Å²) in [5.41, 5.74) is 2.20. The molecule has 2 aromatic carbocycles. The SMILES string of the molecule is CCOc1ccc(CNC(=NC)NCc2ccc(C)c(F)c2)cc1F. The van der Waals surface area contributed by atoms with Crippen LogP contribution in [0.15, 0.2) is 41.4 Å². The first-order valence-electron chi connectivity index (χ1n) is 8.14. The molecular formula is C19H23F2N3O. The summed E-state index contributed by atoms with van der Waals surface area (Å²) in [5.74, 6) is 0.178. The second-order valence-electron chi connectivity index (χ2n) is 5.56. The van der Waals surface area contributed by atoms with Gasteiger partial charge in [-0.3, -0.25) is 4.99 Å². The molecule has 0 aliphatic heterocycles. The van der Waals surface area contributed by atoms with Crippen LogP contribution >= 0.6 is 0 Å². The van der Waals surface area contributed by atoms with Gasteiger partial charge in [-0.05, 0) is 48.7 Å². The van der Waals surface area contributed by atoms with Crippen molar-refractivity contribution >= 4 is 5.96 Å². The largest absolute Gasteiger partial charge is 0.491 e. The fourth-order valence-corrected chi connectivity index (χ4v) is 2.27. The summed E-state index contributed by atoms with van der Waals surface area (Å²) in [6.07, 6.45) is 0. The molecule has 2 N–H and O–H groups in total. The van der Waals surface area contributed by atoms with Crippen LogP contribution in [0.2, 0.25) is 0 Å². The number of aryl methyl sites for hydroxylation is 1. The molecule has 0 fully saturated rings. The lowest BCUT2D eigenvalue weighted by molar-refractivity contribution is 0.321. The van der Waals surface area contributed by atoms with E-state index in [0.717, 1.165) is 11.1 Å². The Balaban J connectivity index is 1.89. The van der Waals surface area contributed by atoms with Crippen molar-refractivity contribution in [3.8, 4) is 5.75 Å². The van der Waals surface area contributed by atoms with Gasteiger partial charge in [-0.1, -0.05) is 18.2 Å². The summed E-state index contributed by atoms with van der Waals surface area (Å²) < 4.78 is 32.6. The lowest BCUT2D eigenvalue weighted by Gasteiger charge is -2.13. The Morgan fingerprint density at radius 1 is 1.00 bits per heavy atom. The highest BCUT2D eigenvalue weighted by atomic mass is 19.1. The molecule has 0 aliphatic rings. The van der Waals surface area contributed by atoms with Crippen molar-refractivity contribution in [2.24, 2.45) is 4.99 Å². The predicted molar refractivity (Wildman–Crippen MR) is 95.7 cm³/mol. The van der Waals surface area contributed by atoms with Crippen LogP contribution in [0.4, 0.5) is 8.78 Å². The third kappa shape index (κ3) is 5.45. The number of hydrogen-bond acceptors (Lipinski definition) is 2. The van der Waals surface area contributed by atoms with Crippen LogP contribution in [-0.2, 0) is 13.1 Å². The molecule has 0 amide bonds. The third-order valence-corrected chi connectivity index (χ3v) is 3.68. The van der Waals surface area contributed by atoms with Gasteiger partial charge in [0.2, 0.25) is 0 Å². The van der Waals surface area contributed by atoms with E-state index in [0.29, 0.717) is 31.2 Å². The monoisotopic (exact) mass is 347 g/mol. The van der Waals surface area contributed by atoms with Crippen LogP contribution in [0.5, 0.6) is 5.75 Å². The number of aliphatic imine (C=N–C) groups is 1. The number of rotatable bonds is 6. The van der Waals surface area contributed by atoms with E-state index >= 15 is 0 Å². The zero-order valence-electron chi connectivity index (χ0n) is 14.7. The molecule has 0 aliphatic carbocycles. The number of hydrogen-bond donors (Lipinski definition) is 2. The van der Waals surface area contributed by atoms with Gasteiger partial charge in [0.1, 0.15) is 5.82 Å². The molecule has 0 unspecified atom stereocenters. The smallest absolute Gasteiger partial charge is 0.191 e. The molecule has 2 aromatic rings. The molecule has 0 saturated carbocycles. The molecule has 0 aromatic heterocycles. The van der Waals surface area contributed by atoms with Gasteiger partial charge in [-0.25, -0.2) is 8.78 Å². The second kappa shape index (κ2) is 9.01. The van der Waals surface area contributed by atoms with E-state index in [1.54, 1.807) is 32.2 Å². The van der Waals surface area contributed by atoms with Gasteiger partial charge in [-0.15, -0.1) is 0 Å². The van der Waals surface area contributed by atoms with Crippen LogP contribution in [0.1, 0.15) is 23.6 Å². The molecule has 25 heavy (non-hydrogen) atoms. The normalized spacial score (nSPS) is 11.3. The van der Waals surface area contributed by atoms with Gasteiger partial charge in [0.05, 0.1) is 6.61 Å². The maximum absolute atomic E-state index is 13.8. The highest BCUT2D eigenvalue weighted by Gasteiger charge is 2.06. The number of ether oxygens (including phenoxy) is 1. The summed E-state index contributed by atoms with van der Waals surface area (Å²) in [5, 5.41) is 6.20. The first kappa shape index (κ1) is 18.7. The van der Waals surface area contributed by atoms with Gasteiger partial charge >= 0.3 is 0 Å². The van der Waals surface area contributed by atoms with E-state index in [2.05, 4.69) is 15.6 Å². The molecule has 6 heteroatoms. The molecule has 0 atom stereocenters. The van der Waals surface area contributed by atoms with Gasteiger partial charge in [0.15, 0.2) is 17.5 Å². The zero-order chi connectivity index (χ0) is 18.2. The average molecular weight is 347 g/mol. The summed E-state index contributed by atoms with van der Waals surface area (Å²) >= 11 is 0. The predicted octanol–water partition coefficient (Wildman–Crippen LogP) is 3.54. The maximum atomic E-state index is 13.8. The molecule has 0 bridgehead atoms. The Kier molecular flexibility index (Phi) is 6.74. The highest BCUT2D eigenvalue weighted by Crippen LogP contribution is 2.18. The fourth-order valence-electron chi connectivity index (χ4n) is 2.27. The number of guanidine groups is 1. The van der Waals surface area contributed by atoms with Crippen LogP contribution in [0.3, 0.4) is 0 Å². The van der Waals surface area contributed by atoms with E-state index in [1.807, 2.05) is 13.0 Å². The number of nitrogens with one attached hydrogen (secondary N) is 2. The minimum absolute atomic E-state index is 0.230. The molecule has 134 valence electrons. The zero-order valence-corrected chi connectivity index (χ0v) is 14.7. The van der Waals surface area contributed by atoms with Crippen LogP contribution in [0, 0.1) is 18.6 Å². The minimum Gasteiger partial charge on any atom is -0.491 e. The fraction of sp³-hybridized carbons (Fsp3) is 0.316. The van der Waals surface area contributed by atoms with Gasteiger partial charge in [0, 0.05) is 20.1 Å². The molecule has 0 spiro atoms. The standard InChI is InChI=1S/C19H23F2N3O/c1-4-25-18-8-7-15(10-17(18)21)12-24-19(22-3)23-11-14-6-5-13(2)16(20)9-14/h5-10H,4,11-12H2,1-3H3,(H2,22,23,24). The molecule has 4 nitrogen and oxygen atoms in total. The van der Waals surface area contributed by atoms with Gasteiger partial charge in [-0.2, -0.15) is 0 Å². The van der Waals surface area contributed by atoms with E-state index in [-0.39, 0.29) is 17.4 Å². The Labute approximate surface area is 146 Å². The Hall–Kier alpha value is -2.63. The highest BCUT2D eigenvalue weighted by molar-refractivity contribution is 5.79. The van der Waals surface area contributed by atoms with E-state index < -0.39 is 0 Å². The van der Waals surface area contributed by atoms with Crippen LogP contribution in [0.25, 0.3) is 0 Å². The van der Waals surface area contributed by atoms with Crippen molar-refractivity contribution in [3.05, 3.63) is 64.7 Å². The molecular weight excluding hydrogens is 324 g/mol. The summed E-state index contributed by atoms with van der Waals surface area (Å²) in [6.45, 7) is 4.80. The molecule has 2 rings (SSSR count). The van der Waals surface area contributed by atoms with Crippen molar-refractivity contribution in [3.63, 3.8) is 0 Å². The first-order chi connectivity index (χ1) is 12.0. The van der Waals surface area contributed by atoms with Crippen molar-refractivity contribution in [2.45, 2.75) is 26.9 Å². The van der Waals surface area contributed by atoms with E-state index in [4.69, 9.17) is 4.74 Å². The lowest BCUT2D eigenvalue weighted by atomic mass is 10.1. The topological polar surface area (TPSA) is 45.6 Å². The number of nitrogens with zero attached hydrogens (tertiary/aromatic N) is 1. The number of benzene rings is 2. The van der Waals surface area contributed by atoms with Crippen molar-refractivity contribution in [1.82, 2.24) is 10.6 Å². The number of halogens is 2. The minimum atomic E-state index is -0.390. The van der Waals surface area contributed by atoms with E-state index in [1.165, 1.54) is 12.1 Å². The molecule has 0 saturated heterocycles. The Morgan fingerprint density at radius 3 is 2.12 bits per heavy atom. The Morgan fingerprint density at radius 2 is 1.60 bits per heavy atom. The van der Waals surface area contributed by atoms with Crippen molar-refractivity contribution < 1.29 is 13.5 Å². The van der Waals surface area contributed by atoms with Crippen LogP contribution in [-0.4, -0.2) is 19.6 Å². The van der Waals surface area contributed by atoms with Gasteiger partial charge < -0.3 is 15.4 Å². The second-order valence-corrected chi connectivity index (χ2v) is 5.56. The van der Waals surface area contributed by atoms with E-state index in [9.17, 15) is 8.78 Å². The molecule has 0 radical (unpaired) electrons. The van der Waals surface area contributed by atoms with Crippen molar-refractivity contribution in [2.75, 3.05) is 13.7 Å². The van der Waals surface area contributed by atoms with Crippen molar-refractivity contribution in [1.29, 1.82) is 0 Å². The quantitative estimate of drug-likeness (QED) is 0.621. The summed E-state index contributed by atoms with van der Waals surface area (Å²) in [6, 6.07) is 9.94. The average Bonchev–Trinajstić information content (AvgIpc) is 2.60. The van der Waals surface area contributed by atoms with Crippen LogP contribution < -0.4 is 15.4 Å².